The van der Waals surface area contributed by atoms with Gasteiger partial charge in [0.1, 0.15) is 29.9 Å². The zero-order valence-corrected chi connectivity index (χ0v) is 40.1. The third kappa shape index (κ3) is 18.0. The molecule has 14 N–H and O–H groups in total. The zero-order valence-electron chi connectivity index (χ0n) is 40.1. The van der Waals surface area contributed by atoms with Crippen molar-refractivity contribution in [2.75, 3.05) is 52.9 Å². The summed E-state index contributed by atoms with van der Waals surface area (Å²) in [7, 11) is 1.40. The van der Waals surface area contributed by atoms with Crippen LogP contribution in [0.1, 0.15) is 52.7 Å². The number of guanidine groups is 1. The summed E-state index contributed by atoms with van der Waals surface area (Å²) in [6, 6.07) is 20.9. The van der Waals surface area contributed by atoms with Crippen LogP contribution in [0.5, 0.6) is 5.75 Å². The minimum Gasteiger partial charge on any atom is -0.508 e. The Bertz CT molecular complexity index is 2550. The fraction of sp³-hybridized carbons (Fsp3) is 0.380. The van der Waals surface area contributed by atoms with Crippen molar-refractivity contribution in [3.05, 3.63) is 113 Å². The van der Waals surface area contributed by atoms with E-state index in [1.165, 1.54) is 24.1 Å². The number of phenols is 1. The van der Waals surface area contributed by atoms with Crippen LogP contribution >= 0.6 is 0 Å². The number of carbonyl (C=O) groups excluding carboxylic acids is 7. The molecule has 0 radical (unpaired) electrons. The molecule has 0 aliphatic carbocycles. The summed E-state index contributed by atoms with van der Waals surface area (Å²) in [6.45, 7) is 0.466. The largest absolute Gasteiger partial charge is 0.508 e. The summed E-state index contributed by atoms with van der Waals surface area (Å²) in [6.07, 6.45) is 0.410. The number of nitrogens with zero attached hydrogens (tertiary/aromatic N) is 2. The molecule has 0 spiro atoms. The van der Waals surface area contributed by atoms with E-state index in [2.05, 4.69) is 47.5 Å². The van der Waals surface area contributed by atoms with Gasteiger partial charge < -0.3 is 69.1 Å². The van der Waals surface area contributed by atoms with Gasteiger partial charge in [-0.2, -0.15) is 0 Å². The van der Waals surface area contributed by atoms with Crippen molar-refractivity contribution in [2.24, 2.45) is 16.5 Å². The molecule has 4 aromatic carbocycles. The maximum Gasteiger partial charge on any atom is 0.317 e. The molecule has 5 rings (SSSR count). The minimum atomic E-state index is -1.25. The number of fused-ring (bicyclic) bond motifs is 1. The second-order valence-corrected chi connectivity index (χ2v) is 17.2. The number of carbonyl (C=O) groups is 8. The van der Waals surface area contributed by atoms with Crippen LogP contribution in [0.2, 0.25) is 0 Å². The second-order valence-electron chi connectivity index (χ2n) is 17.2. The van der Waals surface area contributed by atoms with Crippen LogP contribution in [0.3, 0.4) is 0 Å². The molecule has 22 nitrogen and oxygen atoms in total. The Morgan fingerprint density at radius 1 is 0.694 bits per heavy atom. The predicted molar refractivity (Wildman–Crippen MR) is 268 cm³/mol. The molecule has 4 atom stereocenters. The number of rotatable bonds is 22. The first-order chi connectivity index (χ1) is 34.6. The summed E-state index contributed by atoms with van der Waals surface area (Å²) < 4.78 is 0. The van der Waals surface area contributed by atoms with Crippen molar-refractivity contribution in [3.8, 4) is 5.75 Å². The van der Waals surface area contributed by atoms with E-state index in [1.54, 1.807) is 36.4 Å². The molecule has 1 heterocycles. The van der Waals surface area contributed by atoms with Crippen LogP contribution in [0.4, 0.5) is 0 Å². The average molecular weight is 993 g/mol. The number of carboxylic acids is 1. The van der Waals surface area contributed by atoms with Gasteiger partial charge in [-0.25, -0.2) is 0 Å². The Labute approximate surface area is 416 Å². The summed E-state index contributed by atoms with van der Waals surface area (Å²) in [5, 5.41) is 42.6. The van der Waals surface area contributed by atoms with Crippen molar-refractivity contribution in [1.82, 2.24) is 47.4 Å². The van der Waals surface area contributed by atoms with Crippen LogP contribution in [0, 0.1) is 0 Å². The van der Waals surface area contributed by atoms with Gasteiger partial charge in [-0.1, -0.05) is 66.7 Å². The van der Waals surface area contributed by atoms with Crippen LogP contribution < -0.4 is 54.0 Å². The summed E-state index contributed by atoms with van der Waals surface area (Å²) in [5.74, 6) is -5.33. The van der Waals surface area contributed by atoms with Crippen molar-refractivity contribution in [1.29, 1.82) is 0 Å². The normalized spacial score (nSPS) is 17.8. The van der Waals surface area contributed by atoms with Crippen LogP contribution in [-0.4, -0.2) is 145 Å². The standard InChI is InChI=1S/C50H64N12O10/c1-62-41(9-5-20-55-45(68)35-16-10-32(11-17-35)27-57-42(64)28-53-22-23-54-30-44(66)67)48(71)60-38(8-4-21-56-50(51)52)47(70)61-39(26-33-12-15-34-6-2-3-7-36(34)24-33)46(69)58-29-43(65)59-40(49(62)72)25-31-13-18-37(63)19-14-31/h2-3,6-7,10-19,24,38-41,53-54,63H,4-5,8-9,20-23,25-30H2,1H3,(H,55,68)(H,57,64)(H,58,69)(H,59,65)(H,60,71)(H,61,70)(H,66,67)(H4,51,52,56)/t38-,39-,40+,41+/m0/s1. The molecule has 7 amide bonds. The van der Waals surface area contributed by atoms with E-state index in [0.29, 0.717) is 29.8 Å². The fourth-order valence-corrected chi connectivity index (χ4v) is 7.84. The number of phenolic OH excluding ortho intramolecular Hbond substituents is 1. The topological polar surface area (TPSA) is 341 Å². The molecular formula is C50H64N12O10. The molecule has 1 aliphatic rings. The second kappa shape index (κ2) is 27.9. The number of aliphatic carboxylic acids is 1. The van der Waals surface area contributed by atoms with E-state index in [-0.39, 0.29) is 88.9 Å². The monoisotopic (exact) mass is 992 g/mol. The van der Waals surface area contributed by atoms with Crippen molar-refractivity contribution in [3.63, 3.8) is 0 Å². The number of amides is 7. The van der Waals surface area contributed by atoms with Gasteiger partial charge in [-0.3, -0.25) is 43.3 Å². The SMILES string of the molecule is CN1C(=O)[C@@H](Cc2ccc(O)cc2)NC(=O)CNC(=O)[C@H](Cc2ccc3ccccc3c2)NC(=O)[C@H](CCCN=C(N)N)NC(=O)[C@H]1CCCNC(=O)c1ccc(CNC(=O)CNCCNCC(=O)O)cc1. The number of carboxylic acid groups (broad SMARTS) is 1. The highest BCUT2D eigenvalue weighted by atomic mass is 16.4. The molecule has 1 aliphatic heterocycles. The quantitative estimate of drug-likeness (QED) is 0.0253. The Hall–Kier alpha value is -8.11. The lowest BCUT2D eigenvalue weighted by Crippen LogP contribution is -2.58. The lowest BCUT2D eigenvalue weighted by atomic mass is 10.00. The zero-order chi connectivity index (χ0) is 52.0. The van der Waals surface area contributed by atoms with Crippen LogP contribution in [-0.2, 0) is 52.9 Å². The van der Waals surface area contributed by atoms with Gasteiger partial charge in [-0.05, 0) is 77.4 Å². The lowest BCUT2D eigenvalue weighted by Gasteiger charge is -2.32. The van der Waals surface area contributed by atoms with E-state index in [0.717, 1.165) is 16.3 Å². The fourth-order valence-electron chi connectivity index (χ4n) is 7.84. The van der Waals surface area contributed by atoms with Crippen molar-refractivity contribution >= 4 is 64.1 Å². The summed E-state index contributed by atoms with van der Waals surface area (Å²) in [4.78, 5) is 112. The Morgan fingerprint density at radius 2 is 1.35 bits per heavy atom. The third-order valence-electron chi connectivity index (χ3n) is 11.7. The number of aliphatic imine (C=N–C) groups is 1. The highest BCUT2D eigenvalue weighted by molar-refractivity contribution is 5.97. The molecule has 0 aromatic heterocycles. The van der Waals surface area contributed by atoms with E-state index in [4.69, 9.17) is 16.6 Å². The van der Waals surface area contributed by atoms with E-state index in [9.17, 15) is 43.5 Å². The maximum absolute atomic E-state index is 14.5. The number of hydrogen-bond donors (Lipinski definition) is 12. The molecule has 0 saturated carbocycles. The highest BCUT2D eigenvalue weighted by Gasteiger charge is 2.35. The lowest BCUT2D eigenvalue weighted by molar-refractivity contribution is -0.142. The molecule has 0 unspecified atom stereocenters. The first kappa shape index (κ1) is 54.8. The van der Waals surface area contributed by atoms with E-state index >= 15 is 0 Å². The molecule has 4 aromatic rings. The highest BCUT2D eigenvalue weighted by Crippen LogP contribution is 2.19. The van der Waals surface area contributed by atoms with Gasteiger partial charge >= 0.3 is 5.97 Å². The third-order valence-corrected chi connectivity index (χ3v) is 11.7. The van der Waals surface area contributed by atoms with Gasteiger partial charge in [0.2, 0.25) is 35.4 Å². The van der Waals surface area contributed by atoms with Crippen LogP contribution in [0.25, 0.3) is 10.8 Å². The Balaban J connectivity index is 1.32. The molecule has 22 heteroatoms. The van der Waals surface area contributed by atoms with Gasteiger partial charge in [0.15, 0.2) is 5.96 Å². The number of likely N-dealkylation sites (N-methyl/N-ethyl adjacent to an activating group) is 1. The smallest absolute Gasteiger partial charge is 0.317 e. The minimum absolute atomic E-state index is 0.00641. The molecule has 72 heavy (non-hydrogen) atoms. The Kier molecular flexibility index (Phi) is 21.3. The van der Waals surface area contributed by atoms with Crippen molar-refractivity contribution in [2.45, 2.75) is 69.2 Å². The van der Waals surface area contributed by atoms with Crippen molar-refractivity contribution < 1.29 is 48.6 Å². The number of benzene rings is 4. The first-order valence-electron chi connectivity index (χ1n) is 23.6. The number of hydrogen-bond acceptors (Lipinski definition) is 12. The maximum atomic E-state index is 14.5. The number of aromatic hydroxyl groups is 1. The molecule has 1 fully saturated rings. The van der Waals surface area contributed by atoms with Gasteiger partial charge in [-0.15, -0.1) is 0 Å². The predicted octanol–water partition coefficient (Wildman–Crippen LogP) is -1.11. The number of nitrogens with one attached hydrogen (secondary N) is 8. The summed E-state index contributed by atoms with van der Waals surface area (Å²) in [5.41, 5.74) is 13.4. The van der Waals surface area contributed by atoms with Gasteiger partial charge in [0, 0.05) is 58.2 Å². The first-order valence-corrected chi connectivity index (χ1v) is 23.6. The average Bonchev–Trinajstić information content (AvgIpc) is 3.36. The van der Waals surface area contributed by atoms with Crippen LogP contribution in [0.15, 0.2) is 96.0 Å². The van der Waals surface area contributed by atoms with E-state index in [1.807, 2.05) is 42.5 Å². The molecule has 1 saturated heterocycles. The molecule has 384 valence electrons. The number of nitrogens with two attached hydrogens (primary N) is 2. The Morgan fingerprint density at radius 3 is 2.06 bits per heavy atom. The summed E-state index contributed by atoms with van der Waals surface area (Å²) >= 11 is 0. The molecular weight excluding hydrogens is 929 g/mol. The molecule has 0 bridgehead atoms. The van der Waals surface area contributed by atoms with Gasteiger partial charge in [0.05, 0.1) is 19.6 Å². The van der Waals surface area contributed by atoms with E-state index < -0.39 is 72.1 Å². The van der Waals surface area contributed by atoms with Gasteiger partial charge in [0.25, 0.3) is 5.91 Å².